The van der Waals surface area contributed by atoms with Crippen molar-refractivity contribution in [1.29, 1.82) is 0 Å². The second kappa shape index (κ2) is 5.98. The Morgan fingerprint density at radius 2 is 2.39 bits per heavy atom. The average Bonchev–Trinajstić information content (AvgIpc) is 2.74. The highest BCUT2D eigenvalue weighted by Gasteiger charge is 2.20. The minimum Gasteiger partial charge on any atom is -0.326 e. The highest BCUT2D eigenvalue weighted by Crippen LogP contribution is 2.15. The van der Waals surface area contributed by atoms with Crippen LogP contribution in [-0.4, -0.2) is 30.4 Å². The molecule has 4 heteroatoms. The molecule has 0 aliphatic carbocycles. The fourth-order valence-electron chi connectivity index (χ4n) is 2.35. The monoisotopic (exact) mass is 247 g/mol. The molecule has 1 aliphatic rings. The van der Waals surface area contributed by atoms with Crippen LogP contribution in [0.15, 0.2) is 24.3 Å². The SMILES string of the molecule is CC1CCN(CC(=O)Nc2cccc(CN)c2)C1. The van der Waals surface area contributed by atoms with E-state index in [1.54, 1.807) is 0 Å². The number of hydrogen-bond acceptors (Lipinski definition) is 3. The Hall–Kier alpha value is -1.39. The molecule has 2 rings (SSSR count). The van der Waals surface area contributed by atoms with Crippen molar-refractivity contribution in [2.45, 2.75) is 19.9 Å². The largest absolute Gasteiger partial charge is 0.326 e. The van der Waals surface area contributed by atoms with Gasteiger partial charge in [0.1, 0.15) is 0 Å². The fraction of sp³-hybridized carbons (Fsp3) is 0.500. The van der Waals surface area contributed by atoms with Gasteiger partial charge in [-0.1, -0.05) is 19.1 Å². The van der Waals surface area contributed by atoms with E-state index in [4.69, 9.17) is 5.73 Å². The van der Waals surface area contributed by atoms with Gasteiger partial charge in [0.05, 0.1) is 6.54 Å². The van der Waals surface area contributed by atoms with Gasteiger partial charge < -0.3 is 11.1 Å². The molecule has 0 aromatic heterocycles. The number of amides is 1. The van der Waals surface area contributed by atoms with Crippen LogP contribution in [-0.2, 0) is 11.3 Å². The second-order valence-electron chi connectivity index (χ2n) is 5.08. The maximum Gasteiger partial charge on any atom is 0.238 e. The molecule has 18 heavy (non-hydrogen) atoms. The molecule has 1 saturated heterocycles. The van der Waals surface area contributed by atoms with Crippen LogP contribution in [0.5, 0.6) is 0 Å². The summed E-state index contributed by atoms with van der Waals surface area (Å²) in [5.74, 6) is 0.761. The van der Waals surface area contributed by atoms with E-state index in [0.717, 1.165) is 24.3 Å². The van der Waals surface area contributed by atoms with Gasteiger partial charge in [0.25, 0.3) is 0 Å². The number of rotatable bonds is 4. The summed E-state index contributed by atoms with van der Waals surface area (Å²) in [5.41, 5.74) is 7.43. The van der Waals surface area contributed by atoms with Gasteiger partial charge >= 0.3 is 0 Å². The smallest absolute Gasteiger partial charge is 0.238 e. The summed E-state index contributed by atoms with van der Waals surface area (Å²) in [6.45, 7) is 5.25. The number of nitrogens with two attached hydrogens (primary N) is 1. The fourth-order valence-corrected chi connectivity index (χ4v) is 2.35. The molecule has 1 aliphatic heterocycles. The number of carbonyl (C=O) groups is 1. The van der Waals surface area contributed by atoms with Gasteiger partial charge in [-0.3, -0.25) is 9.69 Å². The molecule has 1 amide bonds. The standard InChI is InChI=1S/C14H21N3O/c1-11-5-6-17(9-11)10-14(18)16-13-4-2-3-12(7-13)8-15/h2-4,7,11H,5-6,8-10,15H2,1H3,(H,16,18). The molecule has 98 valence electrons. The van der Waals surface area contributed by atoms with Gasteiger partial charge in [-0.05, 0) is 36.6 Å². The van der Waals surface area contributed by atoms with Crippen molar-refractivity contribution in [1.82, 2.24) is 4.90 Å². The molecule has 4 nitrogen and oxygen atoms in total. The molecule has 1 fully saturated rings. The Kier molecular flexibility index (Phi) is 4.33. The molecule has 3 N–H and O–H groups in total. The first-order valence-electron chi connectivity index (χ1n) is 6.48. The van der Waals surface area contributed by atoms with Crippen molar-refractivity contribution in [2.75, 3.05) is 25.0 Å². The summed E-state index contributed by atoms with van der Waals surface area (Å²) in [4.78, 5) is 14.1. The van der Waals surface area contributed by atoms with E-state index >= 15 is 0 Å². The maximum atomic E-state index is 11.9. The van der Waals surface area contributed by atoms with Crippen LogP contribution in [0.3, 0.4) is 0 Å². The van der Waals surface area contributed by atoms with E-state index in [0.29, 0.717) is 19.0 Å². The van der Waals surface area contributed by atoms with E-state index in [9.17, 15) is 4.79 Å². The van der Waals surface area contributed by atoms with E-state index in [-0.39, 0.29) is 5.91 Å². The highest BCUT2D eigenvalue weighted by molar-refractivity contribution is 5.92. The number of nitrogens with zero attached hydrogens (tertiary/aromatic N) is 1. The average molecular weight is 247 g/mol. The van der Waals surface area contributed by atoms with Gasteiger partial charge in [0.2, 0.25) is 5.91 Å². The second-order valence-corrected chi connectivity index (χ2v) is 5.08. The quantitative estimate of drug-likeness (QED) is 0.846. The van der Waals surface area contributed by atoms with Crippen molar-refractivity contribution >= 4 is 11.6 Å². The highest BCUT2D eigenvalue weighted by atomic mass is 16.2. The zero-order chi connectivity index (χ0) is 13.0. The molecule has 0 radical (unpaired) electrons. The minimum absolute atomic E-state index is 0.0540. The van der Waals surface area contributed by atoms with Gasteiger partial charge in [-0.15, -0.1) is 0 Å². The molecule has 1 aromatic rings. The third kappa shape index (κ3) is 3.55. The Labute approximate surface area is 108 Å². The lowest BCUT2D eigenvalue weighted by molar-refractivity contribution is -0.117. The van der Waals surface area contributed by atoms with Gasteiger partial charge in [-0.2, -0.15) is 0 Å². The Balaban J connectivity index is 1.86. The number of carbonyl (C=O) groups excluding carboxylic acids is 1. The van der Waals surface area contributed by atoms with Crippen LogP contribution >= 0.6 is 0 Å². The topological polar surface area (TPSA) is 58.4 Å². The van der Waals surface area contributed by atoms with Crippen molar-refractivity contribution in [3.05, 3.63) is 29.8 Å². The predicted octanol–water partition coefficient (Wildman–Crippen LogP) is 1.43. The number of likely N-dealkylation sites (tertiary alicyclic amines) is 1. The van der Waals surface area contributed by atoms with E-state index < -0.39 is 0 Å². The molecule has 1 aromatic carbocycles. The lowest BCUT2D eigenvalue weighted by Gasteiger charge is -2.15. The van der Waals surface area contributed by atoms with E-state index in [2.05, 4.69) is 17.1 Å². The predicted molar refractivity (Wildman–Crippen MR) is 73.2 cm³/mol. The normalized spacial score (nSPS) is 20.0. The molecular formula is C14H21N3O. The first-order chi connectivity index (χ1) is 8.67. The zero-order valence-electron chi connectivity index (χ0n) is 10.9. The minimum atomic E-state index is 0.0540. The van der Waals surface area contributed by atoms with Crippen molar-refractivity contribution in [3.8, 4) is 0 Å². The number of hydrogen-bond donors (Lipinski definition) is 2. The lowest BCUT2D eigenvalue weighted by atomic mass is 10.2. The summed E-state index contributed by atoms with van der Waals surface area (Å²) < 4.78 is 0. The van der Waals surface area contributed by atoms with Crippen molar-refractivity contribution < 1.29 is 4.79 Å². The number of benzene rings is 1. The van der Waals surface area contributed by atoms with E-state index in [1.165, 1.54) is 6.42 Å². The summed E-state index contributed by atoms with van der Waals surface area (Å²) >= 11 is 0. The Bertz CT molecular complexity index is 419. The molecule has 0 spiro atoms. The molecular weight excluding hydrogens is 226 g/mol. The molecule has 1 atom stereocenters. The molecule has 1 heterocycles. The van der Waals surface area contributed by atoms with Crippen LogP contribution in [0, 0.1) is 5.92 Å². The third-order valence-electron chi connectivity index (χ3n) is 3.32. The summed E-state index contributed by atoms with van der Waals surface area (Å²) in [6.07, 6.45) is 1.19. The van der Waals surface area contributed by atoms with Gasteiger partial charge in [0.15, 0.2) is 0 Å². The van der Waals surface area contributed by atoms with Gasteiger partial charge in [0, 0.05) is 18.8 Å². The molecule has 0 bridgehead atoms. The molecule has 1 unspecified atom stereocenters. The van der Waals surface area contributed by atoms with E-state index in [1.807, 2.05) is 24.3 Å². The number of nitrogens with one attached hydrogen (secondary N) is 1. The summed E-state index contributed by atoms with van der Waals surface area (Å²) in [6, 6.07) is 7.68. The zero-order valence-corrected chi connectivity index (χ0v) is 10.9. The van der Waals surface area contributed by atoms with Crippen LogP contribution in [0.2, 0.25) is 0 Å². The number of anilines is 1. The molecule has 0 saturated carbocycles. The van der Waals surface area contributed by atoms with Crippen LogP contribution < -0.4 is 11.1 Å². The van der Waals surface area contributed by atoms with Crippen LogP contribution in [0.25, 0.3) is 0 Å². The Morgan fingerprint density at radius 3 is 3.06 bits per heavy atom. The van der Waals surface area contributed by atoms with Crippen molar-refractivity contribution in [2.24, 2.45) is 11.7 Å². The maximum absolute atomic E-state index is 11.9. The van der Waals surface area contributed by atoms with Crippen LogP contribution in [0.4, 0.5) is 5.69 Å². The van der Waals surface area contributed by atoms with Crippen molar-refractivity contribution in [3.63, 3.8) is 0 Å². The third-order valence-corrected chi connectivity index (χ3v) is 3.32. The summed E-state index contributed by atoms with van der Waals surface area (Å²) in [7, 11) is 0. The van der Waals surface area contributed by atoms with Gasteiger partial charge in [-0.25, -0.2) is 0 Å². The lowest BCUT2D eigenvalue weighted by Crippen LogP contribution is -2.31. The first kappa shape index (κ1) is 13.1. The Morgan fingerprint density at radius 1 is 1.56 bits per heavy atom. The van der Waals surface area contributed by atoms with Crippen LogP contribution in [0.1, 0.15) is 18.9 Å². The first-order valence-corrected chi connectivity index (χ1v) is 6.48. The summed E-state index contributed by atoms with van der Waals surface area (Å²) in [5, 5.41) is 2.92.